The number of piperidine rings is 1. The molecule has 0 saturated carbocycles. The highest BCUT2D eigenvalue weighted by atomic mass is 32.2. The van der Waals surface area contributed by atoms with E-state index in [2.05, 4.69) is 9.80 Å². The van der Waals surface area contributed by atoms with Crippen molar-refractivity contribution < 1.29 is 13.2 Å². The zero-order valence-electron chi connectivity index (χ0n) is 13.3. The maximum Gasteiger partial charge on any atom is 0.164 e. The molecule has 128 valence electrons. The molecule has 0 unspecified atom stereocenters. The summed E-state index contributed by atoms with van der Waals surface area (Å²) in [6.45, 7) is 4.21. The van der Waals surface area contributed by atoms with E-state index in [9.17, 15) is 13.2 Å². The molecule has 23 heavy (non-hydrogen) atoms. The van der Waals surface area contributed by atoms with Gasteiger partial charge in [-0.25, -0.2) is 8.42 Å². The molecule has 0 atom stereocenters. The van der Waals surface area contributed by atoms with E-state index in [-0.39, 0.29) is 5.78 Å². The minimum absolute atomic E-state index is 0.231. The summed E-state index contributed by atoms with van der Waals surface area (Å²) in [5.41, 5.74) is 0.833. The van der Waals surface area contributed by atoms with Crippen LogP contribution in [0.1, 0.15) is 29.6 Å². The van der Waals surface area contributed by atoms with Gasteiger partial charge in [0, 0.05) is 43.0 Å². The smallest absolute Gasteiger partial charge is 0.164 e. The van der Waals surface area contributed by atoms with Crippen molar-refractivity contribution in [2.45, 2.75) is 25.3 Å². The van der Waals surface area contributed by atoms with Crippen LogP contribution in [-0.4, -0.2) is 74.3 Å². The maximum absolute atomic E-state index is 12.0. The van der Waals surface area contributed by atoms with E-state index in [1.807, 2.05) is 16.8 Å². The number of carbonyl (C=O) groups excluding carboxylic acids is 1. The predicted molar refractivity (Wildman–Crippen MR) is 93.0 cm³/mol. The Labute approximate surface area is 142 Å². The quantitative estimate of drug-likeness (QED) is 0.749. The van der Waals surface area contributed by atoms with E-state index >= 15 is 0 Å². The van der Waals surface area contributed by atoms with E-state index in [4.69, 9.17) is 0 Å². The molecule has 0 N–H and O–H groups in total. The van der Waals surface area contributed by atoms with Gasteiger partial charge in [0.2, 0.25) is 0 Å². The van der Waals surface area contributed by atoms with Gasteiger partial charge in [-0.2, -0.15) is 11.3 Å². The third kappa shape index (κ3) is 4.62. The fraction of sp³-hybridized carbons (Fsp3) is 0.688. The van der Waals surface area contributed by atoms with Crippen molar-refractivity contribution in [2.75, 3.05) is 44.2 Å². The lowest BCUT2D eigenvalue weighted by Gasteiger charge is -2.40. The number of ketones is 1. The SMILES string of the molecule is O=C(CCN1CCC(N2CCS(=O)(=O)CC2)CC1)c1ccsc1. The molecule has 2 fully saturated rings. The van der Waals surface area contributed by atoms with Crippen LogP contribution in [-0.2, 0) is 9.84 Å². The van der Waals surface area contributed by atoms with Crippen LogP contribution >= 0.6 is 11.3 Å². The second kappa shape index (κ2) is 7.42. The van der Waals surface area contributed by atoms with Crippen LogP contribution < -0.4 is 0 Å². The maximum atomic E-state index is 12.0. The minimum atomic E-state index is -2.79. The number of hydrogen-bond acceptors (Lipinski definition) is 6. The average Bonchev–Trinajstić information content (AvgIpc) is 3.08. The first-order valence-electron chi connectivity index (χ1n) is 8.26. The lowest BCUT2D eigenvalue weighted by Crippen LogP contribution is -2.50. The fourth-order valence-corrected chi connectivity index (χ4v) is 5.32. The number of Topliss-reactive ketones (excluding diaryl/α,β-unsaturated/α-hetero) is 1. The van der Waals surface area contributed by atoms with Gasteiger partial charge in [-0.05, 0) is 37.4 Å². The van der Waals surface area contributed by atoms with Crippen LogP contribution in [0.2, 0.25) is 0 Å². The van der Waals surface area contributed by atoms with Gasteiger partial charge in [0.15, 0.2) is 15.6 Å². The third-order valence-corrected chi connectivity index (χ3v) is 7.24. The second-order valence-corrected chi connectivity index (χ2v) is 9.53. The molecular formula is C16H24N2O3S2. The summed E-state index contributed by atoms with van der Waals surface area (Å²) in [4.78, 5) is 16.7. The summed E-state index contributed by atoms with van der Waals surface area (Å²) in [5, 5.41) is 3.86. The van der Waals surface area contributed by atoms with Crippen LogP contribution in [0.25, 0.3) is 0 Å². The van der Waals surface area contributed by atoms with Crippen molar-refractivity contribution in [3.8, 4) is 0 Å². The van der Waals surface area contributed by atoms with E-state index < -0.39 is 9.84 Å². The van der Waals surface area contributed by atoms with E-state index in [1.165, 1.54) is 0 Å². The van der Waals surface area contributed by atoms with Crippen LogP contribution in [0.4, 0.5) is 0 Å². The van der Waals surface area contributed by atoms with Crippen molar-refractivity contribution in [3.63, 3.8) is 0 Å². The molecule has 1 aromatic rings. The molecule has 7 heteroatoms. The van der Waals surface area contributed by atoms with Crippen molar-refractivity contribution in [2.24, 2.45) is 0 Å². The van der Waals surface area contributed by atoms with Crippen molar-refractivity contribution in [3.05, 3.63) is 22.4 Å². The Morgan fingerprint density at radius 2 is 1.87 bits per heavy atom. The van der Waals surface area contributed by atoms with Crippen molar-refractivity contribution in [1.82, 2.24) is 9.80 Å². The molecule has 1 aromatic heterocycles. The third-order valence-electron chi connectivity index (χ3n) is 4.95. The number of thiophene rings is 1. The molecule has 2 aliphatic rings. The van der Waals surface area contributed by atoms with Crippen molar-refractivity contribution in [1.29, 1.82) is 0 Å². The summed E-state index contributed by atoms with van der Waals surface area (Å²) in [7, 11) is -2.79. The van der Waals surface area contributed by atoms with Crippen LogP contribution in [0.3, 0.4) is 0 Å². The monoisotopic (exact) mass is 356 g/mol. The van der Waals surface area contributed by atoms with Gasteiger partial charge in [-0.15, -0.1) is 0 Å². The fourth-order valence-electron chi connectivity index (χ4n) is 3.43. The van der Waals surface area contributed by atoms with E-state index in [0.29, 0.717) is 37.1 Å². The Balaban J connectivity index is 1.40. The molecule has 2 saturated heterocycles. The topological polar surface area (TPSA) is 57.7 Å². The molecule has 0 bridgehead atoms. The highest BCUT2D eigenvalue weighted by Crippen LogP contribution is 2.19. The van der Waals surface area contributed by atoms with Crippen LogP contribution in [0.15, 0.2) is 16.8 Å². The minimum Gasteiger partial charge on any atom is -0.303 e. The lowest BCUT2D eigenvalue weighted by molar-refractivity contribution is 0.0916. The normalized spacial score (nSPS) is 23.8. The molecule has 0 spiro atoms. The molecule has 5 nitrogen and oxygen atoms in total. The number of likely N-dealkylation sites (tertiary alicyclic amines) is 1. The van der Waals surface area contributed by atoms with Gasteiger partial charge in [0.1, 0.15) is 0 Å². The van der Waals surface area contributed by atoms with Gasteiger partial charge < -0.3 is 4.90 Å². The summed E-state index contributed by atoms with van der Waals surface area (Å²) in [6, 6.07) is 2.40. The van der Waals surface area contributed by atoms with Gasteiger partial charge in [0.25, 0.3) is 0 Å². The Morgan fingerprint density at radius 1 is 1.17 bits per heavy atom. The number of sulfone groups is 1. The van der Waals surface area contributed by atoms with Gasteiger partial charge in [0.05, 0.1) is 11.5 Å². The molecule has 3 heterocycles. The van der Waals surface area contributed by atoms with Crippen LogP contribution in [0.5, 0.6) is 0 Å². The largest absolute Gasteiger partial charge is 0.303 e. The van der Waals surface area contributed by atoms with E-state index in [0.717, 1.165) is 38.0 Å². The molecule has 0 amide bonds. The number of rotatable bonds is 5. The molecule has 0 aromatic carbocycles. The summed E-state index contributed by atoms with van der Waals surface area (Å²) in [5.74, 6) is 0.847. The average molecular weight is 357 g/mol. The Hall–Kier alpha value is -0.760. The Morgan fingerprint density at radius 3 is 2.48 bits per heavy atom. The number of nitrogens with zero attached hydrogens (tertiary/aromatic N) is 2. The lowest BCUT2D eigenvalue weighted by atomic mass is 10.0. The molecule has 0 radical (unpaired) electrons. The highest BCUT2D eigenvalue weighted by molar-refractivity contribution is 7.91. The molecule has 0 aliphatic carbocycles. The first-order chi connectivity index (χ1) is 11.0. The second-order valence-electron chi connectivity index (χ2n) is 6.45. The summed E-state index contributed by atoms with van der Waals surface area (Å²) < 4.78 is 23.0. The highest BCUT2D eigenvalue weighted by Gasteiger charge is 2.29. The zero-order chi connectivity index (χ0) is 16.3. The Bertz CT molecular complexity index is 606. The summed E-state index contributed by atoms with van der Waals surface area (Å²) >= 11 is 1.56. The predicted octanol–water partition coefficient (Wildman–Crippen LogP) is 1.52. The number of hydrogen-bond donors (Lipinski definition) is 0. The molecule has 3 rings (SSSR count). The Kier molecular flexibility index (Phi) is 5.51. The van der Waals surface area contributed by atoms with Crippen molar-refractivity contribution >= 4 is 27.0 Å². The van der Waals surface area contributed by atoms with Gasteiger partial charge >= 0.3 is 0 Å². The van der Waals surface area contributed by atoms with Gasteiger partial charge in [-0.3, -0.25) is 9.69 Å². The van der Waals surface area contributed by atoms with Gasteiger partial charge in [-0.1, -0.05) is 0 Å². The molecular weight excluding hydrogens is 332 g/mol. The number of carbonyl (C=O) groups is 1. The first kappa shape index (κ1) is 17.1. The van der Waals surface area contributed by atoms with E-state index in [1.54, 1.807) is 11.3 Å². The van der Waals surface area contributed by atoms with Crippen LogP contribution in [0, 0.1) is 0 Å². The zero-order valence-corrected chi connectivity index (χ0v) is 14.9. The first-order valence-corrected chi connectivity index (χ1v) is 11.0. The molecule has 2 aliphatic heterocycles. The summed E-state index contributed by atoms with van der Waals surface area (Å²) in [6.07, 6.45) is 2.74. The standard InChI is InChI=1S/C16H24N2O3S2/c19-16(14-4-10-22-13-14)3-7-17-5-1-15(2-6-17)18-8-11-23(20,21)12-9-18/h4,10,13,15H,1-3,5-9,11-12H2.